The standard InChI is InChI=1S/C26H28FN3O2/c1-5-26(32)30(4)16-19-7-11-22(23(27)14-19)24-12-9-21(15-28-24)25(31)13-10-20-8-6-17(2)29-18(20)3/h6-9,11-12,14-15H,5,10,13,16H2,1-4H3. The fraction of sp³-hybridized carbons (Fsp3) is 0.308. The Morgan fingerprint density at radius 1 is 1.06 bits per heavy atom. The zero-order valence-electron chi connectivity index (χ0n) is 19.0. The molecule has 0 atom stereocenters. The maximum atomic E-state index is 14.7. The summed E-state index contributed by atoms with van der Waals surface area (Å²) >= 11 is 0. The van der Waals surface area contributed by atoms with E-state index >= 15 is 0 Å². The van der Waals surface area contributed by atoms with Gasteiger partial charge in [-0.2, -0.15) is 0 Å². The van der Waals surface area contributed by atoms with Gasteiger partial charge in [0.05, 0.1) is 5.69 Å². The molecule has 3 rings (SSSR count). The molecule has 166 valence electrons. The van der Waals surface area contributed by atoms with Crippen LogP contribution in [0.1, 0.15) is 52.6 Å². The fourth-order valence-electron chi connectivity index (χ4n) is 3.59. The second-order valence-electron chi connectivity index (χ2n) is 7.97. The van der Waals surface area contributed by atoms with Gasteiger partial charge in [-0.25, -0.2) is 4.39 Å². The molecule has 0 aliphatic heterocycles. The Morgan fingerprint density at radius 2 is 1.84 bits per heavy atom. The lowest BCUT2D eigenvalue weighted by molar-refractivity contribution is -0.130. The van der Waals surface area contributed by atoms with Crippen LogP contribution in [-0.4, -0.2) is 33.6 Å². The number of carbonyl (C=O) groups is 2. The van der Waals surface area contributed by atoms with E-state index in [1.807, 2.05) is 26.0 Å². The molecule has 2 heterocycles. The Balaban J connectivity index is 1.67. The van der Waals surface area contributed by atoms with Crippen molar-refractivity contribution in [3.63, 3.8) is 0 Å². The maximum absolute atomic E-state index is 14.7. The number of Topliss-reactive ketones (excluding diaryl/α,β-unsaturated/α-hetero) is 1. The molecule has 0 saturated carbocycles. The lowest BCUT2D eigenvalue weighted by atomic mass is 10.0. The second kappa shape index (κ2) is 10.3. The minimum Gasteiger partial charge on any atom is -0.341 e. The van der Waals surface area contributed by atoms with Gasteiger partial charge in [0.2, 0.25) is 5.91 Å². The summed E-state index contributed by atoms with van der Waals surface area (Å²) in [4.78, 5) is 34.6. The SMILES string of the molecule is CCC(=O)N(C)Cc1ccc(-c2ccc(C(=O)CCc3ccc(C)nc3C)cn2)c(F)c1. The van der Waals surface area contributed by atoms with Gasteiger partial charge in [0.25, 0.3) is 0 Å². The van der Waals surface area contributed by atoms with E-state index in [2.05, 4.69) is 9.97 Å². The summed E-state index contributed by atoms with van der Waals surface area (Å²) < 4.78 is 14.7. The van der Waals surface area contributed by atoms with Crippen molar-refractivity contribution in [3.8, 4) is 11.3 Å². The van der Waals surface area contributed by atoms with Crippen molar-refractivity contribution < 1.29 is 14.0 Å². The highest BCUT2D eigenvalue weighted by Gasteiger charge is 2.13. The van der Waals surface area contributed by atoms with Crippen LogP contribution in [0.2, 0.25) is 0 Å². The largest absolute Gasteiger partial charge is 0.341 e. The van der Waals surface area contributed by atoms with Crippen LogP contribution in [0.25, 0.3) is 11.3 Å². The maximum Gasteiger partial charge on any atom is 0.222 e. The fourth-order valence-corrected chi connectivity index (χ4v) is 3.59. The van der Waals surface area contributed by atoms with Crippen molar-refractivity contribution in [3.05, 3.63) is 82.6 Å². The zero-order chi connectivity index (χ0) is 23.3. The normalized spacial score (nSPS) is 10.8. The van der Waals surface area contributed by atoms with Crippen molar-refractivity contribution in [2.24, 2.45) is 0 Å². The molecule has 32 heavy (non-hydrogen) atoms. The highest BCUT2D eigenvalue weighted by Crippen LogP contribution is 2.23. The van der Waals surface area contributed by atoms with Gasteiger partial charge < -0.3 is 4.90 Å². The molecule has 0 bridgehead atoms. The third-order valence-electron chi connectivity index (χ3n) is 5.50. The van der Waals surface area contributed by atoms with Gasteiger partial charge in [-0.3, -0.25) is 19.6 Å². The van der Waals surface area contributed by atoms with Gasteiger partial charge in [0, 0.05) is 55.1 Å². The van der Waals surface area contributed by atoms with Crippen LogP contribution >= 0.6 is 0 Å². The van der Waals surface area contributed by atoms with Crippen LogP contribution in [-0.2, 0) is 17.8 Å². The van der Waals surface area contributed by atoms with Crippen molar-refractivity contribution in [1.29, 1.82) is 0 Å². The Hall–Kier alpha value is -3.41. The number of ketones is 1. The van der Waals surface area contributed by atoms with Gasteiger partial charge in [-0.05, 0) is 61.7 Å². The summed E-state index contributed by atoms with van der Waals surface area (Å²) in [5.74, 6) is -0.414. The predicted octanol–water partition coefficient (Wildman–Crippen LogP) is 5.08. The molecule has 0 fully saturated rings. The number of pyridine rings is 2. The molecule has 0 radical (unpaired) electrons. The number of nitrogens with zero attached hydrogens (tertiary/aromatic N) is 3. The first-order valence-corrected chi connectivity index (χ1v) is 10.7. The number of amides is 1. The molecule has 0 aliphatic carbocycles. The highest BCUT2D eigenvalue weighted by molar-refractivity contribution is 5.96. The monoisotopic (exact) mass is 433 g/mol. The third-order valence-corrected chi connectivity index (χ3v) is 5.50. The topological polar surface area (TPSA) is 63.2 Å². The first-order valence-electron chi connectivity index (χ1n) is 10.7. The first kappa shape index (κ1) is 23.3. The number of hydrogen-bond acceptors (Lipinski definition) is 4. The van der Waals surface area contributed by atoms with Crippen LogP contribution in [0.5, 0.6) is 0 Å². The van der Waals surface area contributed by atoms with Crippen LogP contribution < -0.4 is 0 Å². The van der Waals surface area contributed by atoms with Crippen LogP contribution in [0, 0.1) is 19.7 Å². The Labute approximate surface area is 188 Å². The first-order chi connectivity index (χ1) is 15.3. The molecular formula is C26H28FN3O2. The molecule has 0 saturated heterocycles. The Bertz CT molecular complexity index is 1130. The number of rotatable bonds is 8. The van der Waals surface area contributed by atoms with Crippen molar-refractivity contribution >= 4 is 11.7 Å². The van der Waals surface area contributed by atoms with Gasteiger partial charge in [0.15, 0.2) is 5.78 Å². The number of halogens is 1. The number of carbonyl (C=O) groups excluding carboxylic acids is 2. The van der Waals surface area contributed by atoms with Crippen LogP contribution in [0.3, 0.4) is 0 Å². The molecule has 0 aliphatic rings. The van der Waals surface area contributed by atoms with Crippen molar-refractivity contribution in [2.45, 2.75) is 46.6 Å². The summed E-state index contributed by atoms with van der Waals surface area (Å²) in [5.41, 5.74) is 4.99. The van der Waals surface area contributed by atoms with E-state index in [4.69, 9.17) is 0 Å². The minimum absolute atomic E-state index is 0.00482. The summed E-state index contributed by atoms with van der Waals surface area (Å²) in [6.45, 7) is 6.03. The van der Waals surface area contributed by atoms with E-state index in [1.54, 1.807) is 43.1 Å². The van der Waals surface area contributed by atoms with E-state index < -0.39 is 5.82 Å². The lowest BCUT2D eigenvalue weighted by Crippen LogP contribution is -2.25. The molecular weight excluding hydrogens is 405 g/mol. The predicted molar refractivity (Wildman–Crippen MR) is 123 cm³/mol. The molecule has 5 nitrogen and oxygen atoms in total. The van der Waals surface area contributed by atoms with Gasteiger partial charge in [-0.1, -0.05) is 19.1 Å². The van der Waals surface area contributed by atoms with E-state index in [-0.39, 0.29) is 11.7 Å². The van der Waals surface area contributed by atoms with Crippen LogP contribution in [0.15, 0.2) is 48.7 Å². The second-order valence-corrected chi connectivity index (χ2v) is 7.97. The number of aromatic nitrogens is 2. The summed E-state index contributed by atoms with van der Waals surface area (Å²) in [7, 11) is 1.70. The van der Waals surface area contributed by atoms with Crippen molar-refractivity contribution in [2.75, 3.05) is 7.05 Å². The molecule has 2 aromatic heterocycles. The van der Waals surface area contributed by atoms with E-state index in [0.29, 0.717) is 48.2 Å². The van der Waals surface area contributed by atoms with Gasteiger partial charge in [0.1, 0.15) is 5.82 Å². The summed E-state index contributed by atoms with van der Waals surface area (Å²) in [5, 5.41) is 0. The van der Waals surface area contributed by atoms with E-state index in [0.717, 1.165) is 17.0 Å². The summed E-state index contributed by atoms with van der Waals surface area (Å²) in [6, 6.07) is 12.2. The number of aryl methyl sites for hydroxylation is 3. The average Bonchev–Trinajstić information content (AvgIpc) is 2.78. The lowest BCUT2D eigenvalue weighted by Gasteiger charge is -2.16. The third kappa shape index (κ3) is 5.63. The molecule has 0 unspecified atom stereocenters. The molecule has 0 N–H and O–H groups in total. The highest BCUT2D eigenvalue weighted by atomic mass is 19.1. The minimum atomic E-state index is -0.409. The van der Waals surface area contributed by atoms with Gasteiger partial charge >= 0.3 is 0 Å². The number of benzene rings is 1. The van der Waals surface area contributed by atoms with E-state index in [1.165, 1.54) is 12.3 Å². The quantitative estimate of drug-likeness (QED) is 0.465. The van der Waals surface area contributed by atoms with Gasteiger partial charge in [-0.15, -0.1) is 0 Å². The Morgan fingerprint density at radius 3 is 2.47 bits per heavy atom. The molecule has 1 aromatic carbocycles. The van der Waals surface area contributed by atoms with E-state index in [9.17, 15) is 14.0 Å². The summed E-state index contributed by atoms with van der Waals surface area (Å²) in [6.07, 6.45) is 2.89. The average molecular weight is 434 g/mol. The smallest absolute Gasteiger partial charge is 0.222 e. The molecule has 6 heteroatoms. The molecule has 1 amide bonds. The Kier molecular flexibility index (Phi) is 7.46. The molecule has 0 spiro atoms. The zero-order valence-corrected chi connectivity index (χ0v) is 19.0. The van der Waals surface area contributed by atoms with Crippen molar-refractivity contribution in [1.82, 2.24) is 14.9 Å². The number of hydrogen-bond donors (Lipinski definition) is 0. The van der Waals surface area contributed by atoms with Crippen LogP contribution in [0.4, 0.5) is 4.39 Å². The molecule has 3 aromatic rings.